The zero-order chi connectivity index (χ0) is 20.1. The Kier molecular flexibility index (Phi) is 5.95. The van der Waals surface area contributed by atoms with Crippen LogP contribution < -0.4 is 9.64 Å². The SMILES string of the molecule is CSc1ccccc1C(=O)N1CCN(c2ccc(Oc3ccccc3)nn2)CC1. The van der Waals surface area contributed by atoms with E-state index in [1.54, 1.807) is 11.8 Å². The van der Waals surface area contributed by atoms with Crippen molar-refractivity contribution in [3.05, 3.63) is 72.3 Å². The Bertz CT molecular complexity index is 958. The molecule has 2 heterocycles. The van der Waals surface area contributed by atoms with Gasteiger partial charge in [-0.05, 0) is 36.6 Å². The summed E-state index contributed by atoms with van der Waals surface area (Å²) in [6, 6.07) is 21.0. The Balaban J connectivity index is 1.36. The third kappa shape index (κ3) is 4.51. The number of para-hydroxylation sites is 1. The number of hydrogen-bond acceptors (Lipinski definition) is 6. The first-order valence-electron chi connectivity index (χ1n) is 9.48. The van der Waals surface area contributed by atoms with Crippen molar-refractivity contribution in [1.82, 2.24) is 15.1 Å². The highest BCUT2D eigenvalue weighted by Crippen LogP contribution is 2.23. The number of carbonyl (C=O) groups excluding carboxylic acids is 1. The lowest BCUT2D eigenvalue weighted by atomic mass is 10.2. The fourth-order valence-corrected chi connectivity index (χ4v) is 3.87. The minimum absolute atomic E-state index is 0.0901. The van der Waals surface area contributed by atoms with E-state index in [0.717, 1.165) is 35.1 Å². The molecule has 0 N–H and O–H groups in total. The molecule has 1 saturated heterocycles. The number of nitrogens with zero attached hydrogens (tertiary/aromatic N) is 4. The van der Waals surface area contributed by atoms with Crippen LogP contribution in [0, 0.1) is 0 Å². The monoisotopic (exact) mass is 406 g/mol. The average molecular weight is 407 g/mol. The summed E-state index contributed by atoms with van der Waals surface area (Å²) >= 11 is 1.60. The Morgan fingerprint density at radius 3 is 2.31 bits per heavy atom. The fourth-order valence-electron chi connectivity index (χ4n) is 3.28. The zero-order valence-electron chi connectivity index (χ0n) is 16.2. The van der Waals surface area contributed by atoms with Crippen LogP contribution in [-0.4, -0.2) is 53.4 Å². The van der Waals surface area contributed by atoms with E-state index in [-0.39, 0.29) is 5.91 Å². The number of ether oxygens (including phenoxy) is 1. The second-order valence-electron chi connectivity index (χ2n) is 6.62. The van der Waals surface area contributed by atoms with Gasteiger partial charge in [0.05, 0.1) is 5.56 Å². The predicted octanol–water partition coefficient (Wildman–Crippen LogP) is 3.95. The van der Waals surface area contributed by atoms with Gasteiger partial charge in [-0.25, -0.2) is 0 Å². The molecule has 0 spiro atoms. The van der Waals surface area contributed by atoms with Crippen LogP contribution in [0.25, 0.3) is 0 Å². The molecule has 1 aromatic heterocycles. The van der Waals surface area contributed by atoms with Crippen molar-refractivity contribution in [2.45, 2.75) is 4.90 Å². The minimum atomic E-state index is 0.0901. The molecule has 0 saturated carbocycles. The van der Waals surface area contributed by atoms with Gasteiger partial charge < -0.3 is 14.5 Å². The summed E-state index contributed by atoms with van der Waals surface area (Å²) in [5.41, 5.74) is 0.774. The first-order valence-corrected chi connectivity index (χ1v) is 10.7. The van der Waals surface area contributed by atoms with Crippen molar-refractivity contribution in [2.75, 3.05) is 37.3 Å². The standard InChI is InChI=1S/C22H22N4O2S/c1-29-19-10-6-5-9-18(19)22(27)26-15-13-25(14-16-26)20-11-12-21(24-23-20)28-17-7-3-2-4-8-17/h2-12H,13-16H2,1H3. The number of hydrogen-bond donors (Lipinski definition) is 0. The van der Waals surface area contributed by atoms with E-state index in [0.29, 0.717) is 19.0 Å². The van der Waals surface area contributed by atoms with Crippen LogP contribution in [0.4, 0.5) is 5.82 Å². The summed E-state index contributed by atoms with van der Waals surface area (Å²) in [6.07, 6.45) is 1.99. The molecule has 0 unspecified atom stereocenters. The largest absolute Gasteiger partial charge is 0.438 e. The minimum Gasteiger partial charge on any atom is -0.438 e. The highest BCUT2D eigenvalue weighted by Gasteiger charge is 2.24. The Hall–Kier alpha value is -3.06. The first-order chi connectivity index (χ1) is 14.2. The van der Waals surface area contributed by atoms with E-state index in [1.807, 2.05) is 77.9 Å². The van der Waals surface area contributed by atoms with Gasteiger partial charge in [-0.3, -0.25) is 4.79 Å². The van der Waals surface area contributed by atoms with Crippen molar-refractivity contribution >= 4 is 23.5 Å². The molecule has 0 aliphatic carbocycles. The molecule has 3 aromatic rings. The molecule has 2 aromatic carbocycles. The van der Waals surface area contributed by atoms with Crippen LogP contribution in [0.2, 0.25) is 0 Å². The maximum atomic E-state index is 12.9. The molecule has 1 amide bonds. The molecule has 1 fully saturated rings. The van der Waals surface area contributed by atoms with Crippen molar-refractivity contribution in [3.63, 3.8) is 0 Å². The normalized spacial score (nSPS) is 14.0. The molecular weight excluding hydrogens is 384 g/mol. The fraction of sp³-hybridized carbons (Fsp3) is 0.227. The summed E-state index contributed by atoms with van der Waals surface area (Å²) in [5.74, 6) is 2.07. The van der Waals surface area contributed by atoms with Crippen LogP contribution in [0.15, 0.2) is 71.6 Å². The predicted molar refractivity (Wildman–Crippen MR) is 115 cm³/mol. The number of benzene rings is 2. The van der Waals surface area contributed by atoms with Gasteiger partial charge >= 0.3 is 0 Å². The number of aromatic nitrogens is 2. The van der Waals surface area contributed by atoms with Gasteiger partial charge in [0.1, 0.15) is 5.75 Å². The van der Waals surface area contributed by atoms with Crippen molar-refractivity contribution in [2.24, 2.45) is 0 Å². The summed E-state index contributed by atoms with van der Waals surface area (Å²) < 4.78 is 5.69. The van der Waals surface area contributed by atoms with E-state index >= 15 is 0 Å². The smallest absolute Gasteiger partial charge is 0.255 e. The van der Waals surface area contributed by atoms with Crippen molar-refractivity contribution in [1.29, 1.82) is 0 Å². The van der Waals surface area contributed by atoms with Crippen LogP contribution >= 0.6 is 11.8 Å². The molecular formula is C22H22N4O2S. The number of amides is 1. The van der Waals surface area contributed by atoms with Crippen LogP contribution in [0.5, 0.6) is 11.6 Å². The van der Waals surface area contributed by atoms with E-state index < -0.39 is 0 Å². The Morgan fingerprint density at radius 1 is 0.897 bits per heavy atom. The van der Waals surface area contributed by atoms with E-state index in [9.17, 15) is 4.79 Å². The average Bonchev–Trinajstić information content (AvgIpc) is 2.80. The molecule has 7 heteroatoms. The number of anilines is 1. The highest BCUT2D eigenvalue weighted by atomic mass is 32.2. The third-order valence-corrected chi connectivity index (χ3v) is 5.62. The second-order valence-corrected chi connectivity index (χ2v) is 7.47. The third-order valence-electron chi connectivity index (χ3n) is 4.82. The maximum absolute atomic E-state index is 12.9. The lowest BCUT2D eigenvalue weighted by Gasteiger charge is -2.35. The van der Waals surface area contributed by atoms with Gasteiger partial charge in [-0.15, -0.1) is 22.0 Å². The quantitative estimate of drug-likeness (QED) is 0.598. The van der Waals surface area contributed by atoms with Gasteiger partial charge in [0.2, 0.25) is 5.88 Å². The number of rotatable bonds is 5. The molecule has 6 nitrogen and oxygen atoms in total. The number of thioether (sulfide) groups is 1. The van der Waals surface area contributed by atoms with Gasteiger partial charge in [0.25, 0.3) is 5.91 Å². The van der Waals surface area contributed by atoms with Crippen LogP contribution in [0.1, 0.15) is 10.4 Å². The van der Waals surface area contributed by atoms with E-state index in [2.05, 4.69) is 15.1 Å². The van der Waals surface area contributed by atoms with Crippen molar-refractivity contribution in [3.8, 4) is 11.6 Å². The van der Waals surface area contributed by atoms with Gasteiger partial charge in [-0.2, -0.15) is 0 Å². The van der Waals surface area contributed by atoms with Gasteiger partial charge in [0.15, 0.2) is 5.82 Å². The lowest BCUT2D eigenvalue weighted by Crippen LogP contribution is -2.49. The van der Waals surface area contributed by atoms with E-state index in [1.165, 1.54) is 0 Å². The highest BCUT2D eigenvalue weighted by molar-refractivity contribution is 7.98. The number of piperazine rings is 1. The molecule has 0 radical (unpaired) electrons. The zero-order valence-corrected chi connectivity index (χ0v) is 17.0. The first kappa shape index (κ1) is 19.3. The van der Waals surface area contributed by atoms with Crippen molar-refractivity contribution < 1.29 is 9.53 Å². The van der Waals surface area contributed by atoms with Crippen LogP contribution in [-0.2, 0) is 0 Å². The second kappa shape index (κ2) is 8.96. The molecule has 1 aliphatic rings. The lowest BCUT2D eigenvalue weighted by molar-refractivity contribution is 0.0743. The Morgan fingerprint density at radius 2 is 1.62 bits per heavy atom. The number of carbonyl (C=O) groups is 1. The van der Waals surface area contributed by atoms with Crippen LogP contribution in [0.3, 0.4) is 0 Å². The molecule has 1 aliphatic heterocycles. The van der Waals surface area contributed by atoms with Gasteiger partial charge in [-0.1, -0.05) is 30.3 Å². The van der Waals surface area contributed by atoms with E-state index in [4.69, 9.17) is 4.74 Å². The molecule has 29 heavy (non-hydrogen) atoms. The van der Waals surface area contributed by atoms with Gasteiger partial charge in [0, 0.05) is 37.1 Å². The summed E-state index contributed by atoms with van der Waals surface area (Å²) in [4.78, 5) is 18.0. The topological polar surface area (TPSA) is 58.6 Å². The molecule has 148 valence electrons. The molecule has 0 bridgehead atoms. The summed E-state index contributed by atoms with van der Waals surface area (Å²) in [5, 5.41) is 8.47. The summed E-state index contributed by atoms with van der Waals surface area (Å²) in [7, 11) is 0. The molecule has 0 atom stereocenters. The Labute approximate surface area is 174 Å². The molecule has 4 rings (SSSR count). The summed E-state index contributed by atoms with van der Waals surface area (Å²) in [6.45, 7) is 2.76. The maximum Gasteiger partial charge on any atom is 0.255 e.